The summed E-state index contributed by atoms with van der Waals surface area (Å²) in [5, 5.41) is 11.1. The van der Waals surface area contributed by atoms with Crippen LogP contribution in [-0.2, 0) is 9.59 Å². The summed E-state index contributed by atoms with van der Waals surface area (Å²) in [6, 6.07) is 6.65. The molecule has 0 aliphatic rings. The van der Waals surface area contributed by atoms with Gasteiger partial charge in [-0.2, -0.15) is 0 Å². The van der Waals surface area contributed by atoms with Crippen molar-refractivity contribution >= 4 is 11.9 Å². The number of ether oxygens (including phenoxy) is 1. The first-order chi connectivity index (χ1) is 9.45. The van der Waals surface area contributed by atoms with Crippen LogP contribution in [0.1, 0.15) is 38.7 Å². The summed E-state index contributed by atoms with van der Waals surface area (Å²) in [4.78, 5) is 22.2. The quantitative estimate of drug-likeness (QED) is 0.802. The lowest BCUT2D eigenvalue weighted by Crippen LogP contribution is -2.40. The van der Waals surface area contributed by atoms with Gasteiger partial charge in [-0.1, -0.05) is 32.0 Å². The molecule has 0 saturated heterocycles. The second-order valence-electron chi connectivity index (χ2n) is 4.76. The Bertz CT molecular complexity index is 473. The van der Waals surface area contributed by atoms with E-state index in [1.807, 2.05) is 24.3 Å². The second-order valence-corrected chi connectivity index (χ2v) is 4.76. The minimum absolute atomic E-state index is 0.189. The van der Waals surface area contributed by atoms with E-state index >= 15 is 0 Å². The average molecular weight is 279 g/mol. The van der Waals surface area contributed by atoms with E-state index in [2.05, 4.69) is 19.2 Å². The summed E-state index contributed by atoms with van der Waals surface area (Å²) < 4.78 is 5.50. The highest BCUT2D eigenvalue weighted by Crippen LogP contribution is 2.28. The molecule has 0 heterocycles. The van der Waals surface area contributed by atoms with Gasteiger partial charge >= 0.3 is 5.97 Å². The largest absolute Gasteiger partial charge is 0.483 e. The molecular weight excluding hydrogens is 258 g/mol. The van der Waals surface area contributed by atoms with Gasteiger partial charge in [0.25, 0.3) is 5.91 Å². The van der Waals surface area contributed by atoms with E-state index in [9.17, 15) is 9.59 Å². The molecule has 1 amide bonds. The molecule has 0 spiro atoms. The van der Waals surface area contributed by atoms with E-state index < -0.39 is 17.9 Å². The maximum absolute atomic E-state index is 11.6. The van der Waals surface area contributed by atoms with Crippen LogP contribution < -0.4 is 10.1 Å². The Morgan fingerprint density at radius 2 is 1.95 bits per heavy atom. The van der Waals surface area contributed by atoms with Crippen molar-refractivity contribution in [1.82, 2.24) is 5.32 Å². The summed E-state index contributed by atoms with van der Waals surface area (Å²) >= 11 is 0. The summed E-state index contributed by atoms with van der Waals surface area (Å²) in [5.41, 5.74) is 1.05. The zero-order valence-electron chi connectivity index (χ0n) is 12.1. The molecule has 1 aromatic rings. The Labute approximate surface area is 118 Å². The minimum Gasteiger partial charge on any atom is -0.483 e. The Kier molecular flexibility index (Phi) is 6.03. The molecule has 1 unspecified atom stereocenters. The highest BCUT2D eigenvalue weighted by Gasteiger charge is 2.15. The summed E-state index contributed by atoms with van der Waals surface area (Å²) in [6.45, 7) is 5.40. The molecule has 2 N–H and O–H groups in total. The van der Waals surface area contributed by atoms with Crippen molar-refractivity contribution in [2.75, 3.05) is 6.61 Å². The SMILES string of the molecule is CCC(C)c1ccccc1OCC(=O)N[C@@H](C)C(=O)O. The number of hydrogen-bond donors (Lipinski definition) is 2. The van der Waals surface area contributed by atoms with Crippen LogP contribution in [0.5, 0.6) is 5.75 Å². The predicted octanol–water partition coefficient (Wildman–Crippen LogP) is 2.17. The Balaban J connectivity index is 2.62. The first-order valence-corrected chi connectivity index (χ1v) is 6.69. The number of aliphatic carboxylic acids is 1. The molecular formula is C15H21NO4. The van der Waals surface area contributed by atoms with Crippen LogP contribution in [0, 0.1) is 0 Å². The molecule has 0 aliphatic carbocycles. The molecule has 1 aromatic carbocycles. The van der Waals surface area contributed by atoms with Crippen LogP contribution in [0.3, 0.4) is 0 Å². The summed E-state index contributed by atoms with van der Waals surface area (Å²) in [7, 11) is 0. The number of carboxylic acid groups (broad SMARTS) is 1. The average Bonchev–Trinajstić information content (AvgIpc) is 2.44. The lowest BCUT2D eigenvalue weighted by molar-refractivity contribution is -0.141. The van der Waals surface area contributed by atoms with Gasteiger partial charge < -0.3 is 15.2 Å². The number of rotatable bonds is 7. The number of hydrogen-bond acceptors (Lipinski definition) is 3. The third kappa shape index (κ3) is 4.57. The fraction of sp³-hybridized carbons (Fsp3) is 0.467. The van der Waals surface area contributed by atoms with Gasteiger partial charge in [-0.3, -0.25) is 9.59 Å². The smallest absolute Gasteiger partial charge is 0.325 e. The van der Waals surface area contributed by atoms with Crippen LogP contribution in [-0.4, -0.2) is 29.6 Å². The molecule has 20 heavy (non-hydrogen) atoms. The van der Waals surface area contributed by atoms with E-state index in [4.69, 9.17) is 9.84 Å². The fourth-order valence-corrected chi connectivity index (χ4v) is 1.73. The molecule has 0 saturated carbocycles. The molecule has 0 aliphatic heterocycles. The van der Waals surface area contributed by atoms with Crippen LogP contribution in [0.25, 0.3) is 0 Å². The maximum Gasteiger partial charge on any atom is 0.325 e. The highest BCUT2D eigenvalue weighted by atomic mass is 16.5. The molecule has 0 bridgehead atoms. The number of carbonyl (C=O) groups excluding carboxylic acids is 1. The van der Waals surface area contributed by atoms with Gasteiger partial charge in [0, 0.05) is 0 Å². The van der Waals surface area contributed by atoms with Gasteiger partial charge in [-0.05, 0) is 30.9 Å². The van der Waals surface area contributed by atoms with Crippen molar-refractivity contribution in [2.24, 2.45) is 0 Å². The van der Waals surface area contributed by atoms with E-state index in [0.717, 1.165) is 12.0 Å². The molecule has 0 aromatic heterocycles. The number of carbonyl (C=O) groups is 2. The van der Waals surface area contributed by atoms with Crippen molar-refractivity contribution in [2.45, 2.75) is 39.2 Å². The van der Waals surface area contributed by atoms with E-state index in [1.165, 1.54) is 6.92 Å². The van der Waals surface area contributed by atoms with Gasteiger partial charge in [0.15, 0.2) is 6.61 Å². The van der Waals surface area contributed by atoms with Crippen molar-refractivity contribution < 1.29 is 19.4 Å². The Morgan fingerprint density at radius 3 is 2.55 bits per heavy atom. The van der Waals surface area contributed by atoms with Crippen LogP contribution in [0.2, 0.25) is 0 Å². The molecule has 2 atom stereocenters. The normalized spacial score (nSPS) is 13.3. The molecule has 1 rings (SSSR count). The van der Waals surface area contributed by atoms with E-state index in [1.54, 1.807) is 0 Å². The van der Waals surface area contributed by atoms with Crippen molar-refractivity contribution in [3.63, 3.8) is 0 Å². The van der Waals surface area contributed by atoms with Gasteiger partial charge in [0.1, 0.15) is 11.8 Å². The van der Waals surface area contributed by atoms with Gasteiger partial charge in [-0.25, -0.2) is 0 Å². The van der Waals surface area contributed by atoms with Crippen LogP contribution in [0.4, 0.5) is 0 Å². The molecule has 0 fully saturated rings. The zero-order chi connectivity index (χ0) is 15.1. The molecule has 5 nitrogen and oxygen atoms in total. The molecule has 0 radical (unpaired) electrons. The molecule has 110 valence electrons. The lowest BCUT2D eigenvalue weighted by atomic mass is 9.98. The minimum atomic E-state index is -1.07. The number of benzene rings is 1. The standard InChI is InChI=1S/C15H21NO4/c1-4-10(2)12-7-5-6-8-13(12)20-9-14(17)16-11(3)15(18)19/h5-8,10-11H,4,9H2,1-3H3,(H,16,17)(H,18,19)/t10?,11-/m0/s1. The van der Waals surface area contributed by atoms with E-state index in [-0.39, 0.29) is 6.61 Å². The monoisotopic (exact) mass is 279 g/mol. The zero-order valence-corrected chi connectivity index (χ0v) is 12.1. The maximum atomic E-state index is 11.6. The van der Waals surface area contributed by atoms with Crippen molar-refractivity contribution in [3.05, 3.63) is 29.8 Å². The summed E-state index contributed by atoms with van der Waals surface area (Å²) in [5.74, 6) is -0.510. The third-order valence-corrected chi connectivity index (χ3v) is 3.17. The van der Waals surface area contributed by atoms with Crippen LogP contribution >= 0.6 is 0 Å². The molecule has 5 heteroatoms. The Morgan fingerprint density at radius 1 is 1.30 bits per heavy atom. The second kappa shape index (κ2) is 7.53. The highest BCUT2D eigenvalue weighted by molar-refractivity contribution is 5.84. The van der Waals surface area contributed by atoms with E-state index in [0.29, 0.717) is 11.7 Å². The first-order valence-electron chi connectivity index (χ1n) is 6.69. The summed E-state index contributed by atoms with van der Waals surface area (Å²) in [6.07, 6.45) is 0.975. The number of para-hydroxylation sites is 1. The fourth-order valence-electron chi connectivity index (χ4n) is 1.73. The van der Waals surface area contributed by atoms with Gasteiger partial charge in [-0.15, -0.1) is 0 Å². The number of amides is 1. The van der Waals surface area contributed by atoms with Crippen molar-refractivity contribution in [1.29, 1.82) is 0 Å². The topological polar surface area (TPSA) is 75.6 Å². The van der Waals surface area contributed by atoms with Gasteiger partial charge in [0.2, 0.25) is 0 Å². The predicted molar refractivity (Wildman–Crippen MR) is 75.9 cm³/mol. The Hall–Kier alpha value is -2.04. The number of carboxylic acids is 1. The third-order valence-electron chi connectivity index (χ3n) is 3.17. The van der Waals surface area contributed by atoms with Crippen LogP contribution in [0.15, 0.2) is 24.3 Å². The lowest BCUT2D eigenvalue weighted by Gasteiger charge is -2.16. The van der Waals surface area contributed by atoms with Crippen molar-refractivity contribution in [3.8, 4) is 5.75 Å². The van der Waals surface area contributed by atoms with Gasteiger partial charge in [0.05, 0.1) is 0 Å². The first kappa shape index (κ1) is 16.0. The number of nitrogens with one attached hydrogen (secondary N) is 1.